The summed E-state index contributed by atoms with van der Waals surface area (Å²) in [6, 6.07) is 0. The van der Waals surface area contributed by atoms with Crippen molar-refractivity contribution in [1.29, 1.82) is 0 Å². The van der Waals surface area contributed by atoms with Gasteiger partial charge in [-0.25, -0.2) is 8.42 Å². The van der Waals surface area contributed by atoms with Crippen LogP contribution in [0.25, 0.3) is 0 Å². The molecule has 1 aliphatic heterocycles. The first-order valence-corrected chi connectivity index (χ1v) is 7.44. The normalized spacial score (nSPS) is 21.4. The number of nitrogens with one attached hydrogen (secondary N) is 1. The van der Waals surface area contributed by atoms with Gasteiger partial charge in [0, 0.05) is 26.8 Å². The van der Waals surface area contributed by atoms with Crippen molar-refractivity contribution in [3.8, 4) is 0 Å². The van der Waals surface area contributed by atoms with Gasteiger partial charge in [0.05, 0.1) is 24.7 Å². The van der Waals surface area contributed by atoms with E-state index >= 15 is 0 Å². The summed E-state index contributed by atoms with van der Waals surface area (Å²) in [5, 5.41) is 3.16. The van der Waals surface area contributed by atoms with E-state index in [9.17, 15) is 8.42 Å². The maximum Gasteiger partial charge on any atom is 0.153 e. The summed E-state index contributed by atoms with van der Waals surface area (Å²) in [6.07, 6.45) is 1.07. The van der Waals surface area contributed by atoms with Crippen LogP contribution in [0.4, 0.5) is 0 Å². The van der Waals surface area contributed by atoms with Crippen LogP contribution >= 0.6 is 0 Å². The van der Waals surface area contributed by atoms with Gasteiger partial charge in [0.2, 0.25) is 0 Å². The predicted molar refractivity (Wildman–Crippen MR) is 62.3 cm³/mol. The fourth-order valence-corrected chi connectivity index (χ4v) is 2.67. The van der Waals surface area contributed by atoms with Crippen molar-refractivity contribution >= 4 is 9.84 Å². The minimum Gasteiger partial charge on any atom is -0.384 e. The fourth-order valence-electron chi connectivity index (χ4n) is 1.59. The van der Waals surface area contributed by atoms with Crippen LogP contribution in [0.5, 0.6) is 0 Å². The number of hydrogen-bond donors (Lipinski definition) is 1. The Morgan fingerprint density at radius 1 is 1.44 bits per heavy atom. The van der Waals surface area contributed by atoms with E-state index in [1.54, 1.807) is 0 Å². The molecule has 1 atom stereocenters. The Morgan fingerprint density at radius 3 is 2.88 bits per heavy atom. The van der Waals surface area contributed by atoms with Gasteiger partial charge in [0.15, 0.2) is 9.84 Å². The molecule has 1 saturated heterocycles. The summed E-state index contributed by atoms with van der Waals surface area (Å²) in [4.78, 5) is 0. The molecule has 0 aromatic heterocycles. The maximum atomic E-state index is 11.4. The Kier molecular flexibility index (Phi) is 6.26. The highest BCUT2D eigenvalue weighted by atomic mass is 32.2. The van der Waals surface area contributed by atoms with Crippen molar-refractivity contribution in [2.24, 2.45) is 5.92 Å². The van der Waals surface area contributed by atoms with Gasteiger partial charge in [-0.05, 0) is 12.3 Å². The van der Waals surface area contributed by atoms with Gasteiger partial charge < -0.3 is 14.8 Å². The highest BCUT2D eigenvalue weighted by molar-refractivity contribution is 7.91. The second-order valence-corrected chi connectivity index (χ2v) is 6.38. The van der Waals surface area contributed by atoms with Crippen LogP contribution in [0.2, 0.25) is 0 Å². The summed E-state index contributed by atoms with van der Waals surface area (Å²) in [5.41, 5.74) is 0. The molecule has 16 heavy (non-hydrogen) atoms. The third-order valence-corrected chi connectivity index (χ3v) is 4.26. The molecule has 0 aromatic rings. The maximum absolute atomic E-state index is 11.4. The molecule has 0 saturated carbocycles. The van der Waals surface area contributed by atoms with Crippen LogP contribution in [-0.4, -0.2) is 59.9 Å². The number of methoxy groups -OCH3 is 1. The SMILES string of the molecule is COCCS(=O)(=O)CCNCC1CCOC1. The molecule has 0 amide bonds. The summed E-state index contributed by atoms with van der Waals surface area (Å²) in [7, 11) is -1.45. The minimum atomic E-state index is -2.96. The third-order valence-electron chi connectivity index (χ3n) is 2.65. The Bertz CT molecular complexity index is 273. The average molecular weight is 251 g/mol. The molecule has 0 bridgehead atoms. The van der Waals surface area contributed by atoms with Crippen molar-refractivity contribution in [2.45, 2.75) is 6.42 Å². The first-order chi connectivity index (χ1) is 7.64. The van der Waals surface area contributed by atoms with Gasteiger partial charge >= 0.3 is 0 Å². The van der Waals surface area contributed by atoms with E-state index in [1.165, 1.54) is 7.11 Å². The second kappa shape index (κ2) is 7.21. The average Bonchev–Trinajstić information content (AvgIpc) is 2.75. The number of sulfone groups is 1. The second-order valence-electron chi connectivity index (χ2n) is 4.08. The van der Waals surface area contributed by atoms with Crippen molar-refractivity contribution in [2.75, 3.05) is 51.5 Å². The van der Waals surface area contributed by atoms with Crippen LogP contribution in [0.1, 0.15) is 6.42 Å². The number of hydrogen-bond acceptors (Lipinski definition) is 5. The van der Waals surface area contributed by atoms with E-state index in [0.717, 1.165) is 26.2 Å². The molecule has 1 aliphatic rings. The van der Waals surface area contributed by atoms with E-state index in [1.807, 2.05) is 0 Å². The van der Waals surface area contributed by atoms with Crippen molar-refractivity contribution in [3.05, 3.63) is 0 Å². The fraction of sp³-hybridized carbons (Fsp3) is 1.00. The largest absolute Gasteiger partial charge is 0.384 e. The molecule has 1 heterocycles. The van der Waals surface area contributed by atoms with E-state index in [4.69, 9.17) is 9.47 Å². The Labute approximate surface area is 97.4 Å². The zero-order chi connectivity index (χ0) is 11.9. The Hall–Kier alpha value is -0.170. The van der Waals surface area contributed by atoms with E-state index in [-0.39, 0.29) is 18.1 Å². The molecule has 1 N–H and O–H groups in total. The molecule has 5 nitrogen and oxygen atoms in total. The summed E-state index contributed by atoms with van der Waals surface area (Å²) in [5.74, 6) is 0.837. The quantitative estimate of drug-likeness (QED) is 0.599. The van der Waals surface area contributed by atoms with Crippen molar-refractivity contribution < 1.29 is 17.9 Å². The number of ether oxygens (including phenoxy) is 2. The topological polar surface area (TPSA) is 64.6 Å². The van der Waals surface area contributed by atoms with Gasteiger partial charge in [0.25, 0.3) is 0 Å². The molecule has 0 spiro atoms. The Balaban J connectivity index is 2.05. The van der Waals surface area contributed by atoms with Crippen LogP contribution < -0.4 is 5.32 Å². The standard InChI is InChI=1S/C10H21NO4S/c1-14-5-7-16(12,13)6-3-11-8-10-2-4-15-9-10/h10-11H,2-9H2,1H3. The van der Waals surface area contributed by atoms with Gasteiger partial charge in [-0.2, -0.15) is 0 Å². The number of rotatable bonds is 8. The lowest BCUT2D eigenvalue weighted by atomic mass is 10.1. The van der Waals surface area contributed by atoms with Crippen LogP contribution in [0, 0.1) is 5.92 Å². The molecular formula is C10H21NO4S. The van der Waals surface area contributed by atoms with E-state index in [0.29, 0.717) is 12.5 Å². The van der Waals surface area contributed by atoms with Gasteiger partial charge in [0.1, 0.15) is 0 Å². The van der Waals surface area contributed by atoms with Crippen molar-refractivity contribution in [3.63, 3.8) is 0 Å². The molecule has 0 aromatic carbocycles. The molecule has 96 valence electrons. The van der Waals surface area contributed by atoms with Crippen LogP contribution in [-0.2, 0) is 19.3 Å². The van der Waals surface area contributed by atoms with Crippen LogP contribution in [0.3, 0.4) is 0 Å². The first-order valence-electron chi connectivity index (χ1n) is 5.62. The van der Waals surface area contributed by atoms with Gasteiger partial charge in [-0.15, -0.1) is 0 Å². The monoisotopic (exact) mass is 251 g/mol. The van der Waals surface area contributed by atoms with E-state index in [2.05, 4.69) is 5.32 Å². The highest BCUT2D eigenvalue weighted by Crippen LogP contribution is 2.10. The first kappa shape index (κ1) is 13.9. The summed E-state index contributed by atoms with van der Waals surface area (Å²) in [6.45, 7) is 3.27. The Morgan fingerprint density at radius 2 is 2.25 bits per heavy atom. The van der Waals surface area contributed by atoms with E-state index < -0.39 is 9.84 Å². The predicted octanol–water partition coefficient (Wildman–Crippen LogP) is -0.326. The lowest BCUT2D eigenvalue weighted by molar-refractivity contribution is 0.185. The molecule has 6 heteroatoms. The third kappa shape index (κ3) is 5.79. The van der Waals surface area contributed by atoms with Crippen molar-refractivity contribution in [1.82, 2.24) is 5.32 Å². The highest BCUT2D eigenvalue weighted by Gasteiger charge is 2.15. The molecule has 1 rings (SSSR count). The minimum absolute atomic E-state index is 0.109. The molecule has 0 aliphatic carbocycles. The zero-order valence-electron chi connectivity index (χ0n) is 9.78. The molecular weight excluding hydrogens is 230 g/mol. The van der Waals surface area contributed by atoms with Gasteiger partial charge in [-0.3, -0.25) is 0 Å². The lowest BCUT2D eigenvalue weighted by Crippen LogP contribution is -2.29. The zero-order valence-corrected chi connectivity index (χ0v) is 10.6. The smallest absolute Gasteiger partial charge is 0.153 e. The molecule has 0 radical (unpaired) electrons. The summed E-state index contributed by atoms with van der Waals surface area (Å²) >= 11 is 0. The molecule has 1 unspecified atom stereocenters. The van der Waals surface area contributed by atoms with Crippen LogP contribution in [0.15, 0.2) is 0 Å². The lowest BCUT2D eigenvalue weighted by Gasteiger charge is -2.09. The summed E-state index contributed by atoms with van der Waals surface area (Å²) < 4.78 is 32.9. The van der Waals surface area contributed by atoms with Gasteiger partial charge in [-0.1, -0.05) is 0 Å². The molecule has 1 fully saturated rings.